The van der Waals surface area contributed by atoms with Gasteiger partial charge in [0.25, 0.3) is 0 Å². The second kappa shape index (κ2) is 6.30. The van der Waals surface area contributed by atoms with Crippen LogP contribution in [0.2, 0.25) is 0 Å². The van der Waals surface area contributed by atoms with Crippen molar-refractivity contribution in [3.8, 4) is 0 Å². The SMILES string of the molecule is NC(=O)N=NC(N)=O.[H-].[K+]. The number of primary amides is 2. The van der Waals surface area contributed by atoms with Gasteiger partial charge in [-0.2, -0.15) is 0 Å². The van der Waals surface area contributed by atoms with E-state index >= 15 is 0 Å². The first-order valence-electron chi connectivity index (χ1n) is 1.63. The normalized spacial score (nSPS) is 8.44. The number of hydrogen-bond donors (Lipinski definition) is 2. The van der Waals surface area contributed by atoms with Gasteiger partial charge in [-0.25, -0.2) is 9.59 Å². The molecule has 0 saturated carbocycles. The first kappa shape index (κ1) is 11.9. The third-order valence-electron chi connectivity index (χ3n) is 0.247. The molecular weight excluding hydrogens is 151 g/mol. The van der Waals surface area contributed by atoms with Crippen molar-refractivity contribution in [3.63, 3.8) is 0 Å². The summed E-state index contributed by atoms with van der Waals surface area (Å²) in [5, 5.41) is 5.23. The molecule has 7 heteroatoms. The summed E-state index contributed by atoms with van der Waals surface area (Å²) in [6.07, 6.45) is 0. The number of nitrogens with zero attached hydrogens (tertiary/aromatic N) is 2. The van der Waals surface area contributed by atoms with E-state index in [1.165, 1.54) is 0 Å². The minimum Gasteiger partial charge on any atom is -1.00 e. The number of urea groups is 2. The van der Waals surface area contributed by atoms with Crippen molar-refractivity contribution in [1.82, 2.24) is 0 Å². The van der Waals surface area contributed by atoms with Gasteiger partial charge in [-0.15, -0.1) is 0 Å². The molecule has 4 N–H and O–H groups in total. The Morgan fingerprint density at radius 1 is 1.11 bits per heavy atom. The summed E-state index contributed by atoms with van der Waals surface area (Å²) in [6, 6.07) is -2.08. The van der Waals surface area contributed by atoms with E-state index < -0.39 is 12.1 Å². The van der Waals surface area contributed by atoms with Crippen molar-refractivity contribution in [2.45, 2.75) is 0 Å². The van der Waals surface area contributed by atoms with Crippen LogP contribution in [0.15, 0.2) is 10.2 Å². The molecule has 0 aromatic rings. The minimum absolute atomic E-state index is 0. The average molecular weight is 156 g/mol. The monoisotopic (exact) mass is 156 g/mol. The first-order chi connectivity index (χ1) is 3.63. The molecule has 9 heavy (non-hydrogen) atoms. The topological polar surface area (TPSA) is 111 Å². The number of azo groups is 1. The van der Waals surface area contributed by atoms with Crippen molar-refractivity contribution >= 4 is 12.1 Å². The summed E-state index contributed by atoms with van der Waals surface area (Å²) >= 11 is 0. The molecule has 0 unspecified atom stereocenters. The third kappa shape index (κ3) is 11.6. The molecule has 0 saturated heterocycles. The predicted molar refractivity (Wildman–Crippen MR) is 25.1 cm³/mol. The molecule has 0 heterocycles. The van der Waals surface area contributed by atoms with E-state index in [2.05, 4.69) is 21.7 Å². The molecule has 0 aromatic heterocycles. The molecule has 0 radical (unpaired) electrons. The number of carbonyl (C=O) groups is 2. The molecule has 46 valence electrons. The first-order valence-corrected chi connectivity index (χ1v) is 1.63. The van der Waals surface area contributed by atoms with E-state index in [1.807, 2.05) is 0 Å². The van der Waals surface area contributed by atoms with Gasteiger partial charge in [0.05, 0.1) is 0 Å². The summed E-state index contributed by atoms with van der Waals surface area (Å²) in [4.78, 5) is 19.3. The summed E-state index contributed by atoms with van der Waals surface area (Å²) in [5.74, 6) is 0. The maximum absolute atomic E-state index is 9.66. The fraction of sp³-hybridized carbons (Fsp3) is 0. The molecule has 0 atom stereocenters. The Morgan fingerprint density at radius 2 is 1.33 bits per heavy atom. The van der Waals surface area contributed by atoms with Crippen LogP contribution in [0, 0.1) is 0 Å². The van der Waals surface area contributed by atoms with E-state index in [0.29, 0.717) is 0 Å². The molecule has 6 nitrogen and oxygen atoms in total. The van der Waals surface area contributed by atoms with Crippen molar-refractivity contribution in [1.29, 1.82) is 0 Å². The van der Waals surface area contributed by atoms with Crippen LogP contribution in [0.4, 0.5) is 9.59 Å². The molecule has 0 aliphatic heterocycles. The van der Waals surface area contributed by atoms with Crippen LogP contribution in [0.25, 0.3) is 0 Å². The fourth-order valence-electron chi connectivity index (χ4n) is 0.0986. The second-order valence-corrected chi connectivity index (χ2v) is 0.876. The molecule has 0 aliphatic rings. The van der Waals surface area contributed by atoms with E-state index in [0.717, 1.165) is 0 Å². The van der Waals surface area contributed by atoms with Gasteiger partial charge in [-0.1, -0.05) is 10.2 Å². The second-order valence-electron chi connectivity index (χ2n) is 0.876. The van der Waals surface area contributed by atoms with Crippen LogP contribution in [-0.4, -0.2) is 12.1 Å². The van der Waals surface area contributed by atoms with Gasteiger partial charge in [0, 0.05) is 0 Å². The molecule has 0 fully saturated rings. The van der Waals surface area contributed by atoms with Crippen LogP contribution < -0.4 is 62.9 Å². The Hall–Kier alpha value is 0.176. The van der Waals surface area contributed by atoms with Crippen LogP contribution in [0.3, 0.4) is 0 Å². The zero-order valence-corrected chi connectivity index (χ0v) is 7.99. The van der Waals surface area contributed by atoms with Gasteiger partial charge >= 0.3 is 63.4 Å². The maximum atomic E-state index is 9.66. The number of hydrogen-bond acceptors (Lipinski definition) is 2. The summed E-state index contributed by atoms with van der Waals surface area (Å²) in [5.41, 5.74) is 8.87. The van der Waals surface area contributed by atoms with E-state index in [1.54, 1.807) is 0 Å². The zero-order valence-electron chi connectivity index (χ0n) is 5.87. The van der Waals surface area contributed by atoms with Crippen LogP contribution in [0.1, 0.15) is 1.43 Å². The summed E-state index contributed by atoms with van der Waals surface area (Å²) in [6.45, 7) is 0. The van der Waals surface area contributed by atoms with E-state index in [9.17, 15) is 9.59 Å². The molecule has 0 aromatic carbocycles. The van der Waals surface area contributed by atoms with Gasteiger partial charge in [0.2, 0.25) is 0 Å². The maximum Gasteiger partial charge on any atom is 1.00 e. The largest absolute Gasteiger partial charge is 1.00 e. The molecule has 0 aliphatic carbocycles. The molecule has 0 spiro atoms. The predicted octanol–water partition coefficient (Wildman–Crippen LogP) is -3.29. The minimum atomic E-state index is -1.04. The van der Waals surface area contributed by atoms with Crippen molar-refractivity contribution in [3.05, 3.63) is 0 Å². The van der Waals surface area contributed by atoms with E-state index in [-0.39, 0.29) is 52.8 Å². The van der Waals surface area contributed by atoms with Crippen molar-refractivity contribution in [2.24, 2.45) is 21.7 Å². The van der Waals surface area contributed by atoms with Gasteiger partial charge in [0.15, 0.2) is 0 Å². The Kier molecular flexibility index (Phi) is 8.34. The summed E-state index contributed by atoms with van der Waals surface area (Å²) in [7, 11) is 0. The van der Waals surface area contributed by atoms with Crippen LogP contribution in [-0.2, 0) is 0 Å². The number of amides is 4. The fourth-order valence-corrected chi connectivity index (χ4v) is 0.0986. The van der Waals surface area contributed by atoms with Gasteiger partial charge in [0.1, 0.15) is 0 Å². The Balaban J connectivity index is -0.000000245. The van der Waals surface area contributed by atoms with Gasteiger partial charge < -0.3 is 12.9 Å². The van der Waals surface area contributed by atoms with Crippen molar-refractivity contribution in [2.75, 3.05) is 0 Å². The smallest absolute Gasteiger partial charge is 1.00 e. The zero-order chi connectivity index (χ0) is 6.57. The van der Waals surface area contributed by atoms with Crippen LogP contribution >= 0.6 is 0 Å². The average Bonchev–Trinajstić information content (AvgIpc) is 1.61. The third-order valence-corrected chi connectivity index (χ3v) is 0.247. The molecular formula is C2H5KN4O2. The molecule has 0 rings (SSSR count). The Labute approximate surface area is 95.0 Å². The Morgan fingerprint density at radius 3 is 1.44 bits per heavy atom. The van der Waals surface area contributed by atoms with Crippen molar-refractivity contribution < 1.29 is 62.4 Å². The van der Waals surface area contributed by atoms with E-state index in [4.69, 9.17) is 0 Å². The van der Waals surface area contributed by atoms with Crippen LogP contribution in [0.5, 0.6) is 0 Å². The number of rotatable bonds is 0. The molecule has 0 bridgehead atoms. The quantitative estimate of drug-likeness (QED) is 0.283. The Bertz CT molecular complexity index is 132. The summed E-state index contributed by atoms with van der Waals surface area (Å²) < 4.78 is 0. The molecule has 4 amide bonds. The number of carbonyl (C=O) groups excluding carboxylic acids is 2. The standard InChI is InChI=1S/C2H4N4O2.K.H/c3-1(7)5-6-2(4)8;;/h(H2,3,7)(H2,4,8);;/q;+1;-1. The van der Waals surface area contributed by atoms with Gasteiger partial charge in [-0.3, -0.25) is 0 Å². The van der Waals surface area contributed by atoms with Gasteiger partial charge in [-0.05, 0) is 0 Å². The number of nitrogens with two attached hydrogens (primary N) is 2.